The average molecular weight is 455 g/mol. The van der Waals surface area contributed by atoms with Crippen molar-refractivity contribution in [3.8, 4) is 0 Å². The smallest absolute Gasteiger partial charge is 0.361 e. The summed E-state index contributed by atoms with van der Waals surface area (Å²) in [6.45, 7) is 1.78. The number of rotatable bonds is 4. The van der Waals surface area contributed by atoms with Crippen LogP contribution in [0.4, 0.5) is 19.0 Å². The van der Waals surface area contributed by atoms with Gasteiger partial charge in [0.25, 0.3) is 5.91 Å². The Labute approximate surface area is 179 Å². The second kappa shape index (κ2) is 7.96. The number of hydrogen-bond donors (Lipinski definition) is 2. The van der Waals surface area contributed by atoms with Crippen LogP contribution < -0.4 is 10.6 Å². The molecule has 0 bridgehead atoms. The van der Waals surface area contributed by atoms with E-state index in [2.05, 4.69) is 15.7 Å². The van der Waals surface area contributed by atoms with Crippen molar-refractivity contribution in [3.63, 3.8) is 0 Å². The van der Waals surface area contributed by atoms with Crippen LogP contribution in [0.5, 0.6) is 0 Å². The monoisotopic (exact) mass is 454 g/mol. The fraction of sp³-hybridized carbons (Fsp3) is 0.300. The van der Waals surface area contributed by atoms with Crippen LogP contribution in [-0.4, -0.2) is 21.9 Å². The second-order valence-electron chi connectivity index (χ2n) is 7.07. The number of thiophene rings is 1. The first-order chi connectivity index (χ1) is 14.3. The molecule has 0 fully saturated rings. The maximum Gasteiger partial charge on any atom is 0.410 e. The van der Waals surface area contributed by atoms with E-state index in [4.69, 9.17) is 11.6 Å². The van der Waals surface area contributed by atoms with Gasteiger partial charge in [0.2, 0.25) is 0 Å². The third kappa shape index (κ3) is 3.91. The van der Waals surface area contributed by atoms with Crippen LogP contribution in [-0.2, 0) is 0 Å². The first-order valence-electron chi connectivity index (χ1n) is 9.26. The number of carbonyl (C=O) groups is 1. The van der Waals surface area contributed by atoms with Gasteiger partial charge in [-0.05, 0) is 23.9 Å². The summed E-state index contributed by atoms with van der Waals surface area (Å²) in [5.74, 6) is -0.630. The summed E-state index contributed by atoms with van der Waals surface area (Å²) in [5, 5.41) is 11.4. The molecule has 0 aliphatic carbocycles. The van der Waals surface area contributed by atoms with Gasteiger partial charge < -0.3 is 10.6 Å². The van der Waals surface area contributed by atoms with Crippen molar-refractivity contribution < 1.29 is 18.0 Å². The molecule has 0 saturated carbocycles. The van der Waals surface area contributed by atoms with Crippen LogP contribution in [0.3, 0.4) is 0 Å². The third-order valence-electron chi connectivity index (χ3n) is 5.04. The largest absolute Gasteiger partial charge is 0.410 e. The first kappa shape index (κ1) is 20.7. The number of amides is 1. The van der Waals surface area contributed by atoms with Gasteiger partial charge in [-0.15, -0.1) is 11.3 Å². The molecule has 0 spiro atoms. The molecule has 1 unspecified atom stereocenters. The molecule has 2 aromatic heterocycles. The maximum atomic E-state index is 13.8. The molecular weight excluding hydrogens is 437 g/mol. The molecule has 0 saturated heterocycles. The molecule has 0 radical (unpaired) electrons. The van der Waals surface area contributed by atoms with E-state index in [0.29, 0.717) is 0 Å². The van der Waals surface area contributed by atoms with Gasteiger partial charge in [0.15, 0.2) is 11.7 Å². The molecular formula is C20H18ClF3N4OS. The van der Waals surface area contributed by atoms with Gasteiger partial charge in [-0.2, -0.15) is 18.3 Å². The lowest BCUT2D eigenvalue weighted by atomic mass is 10.0. The van der Waals surface area contributed by atoms with Crippen LogP contribution in [0.15, 0.2) is 47.8 Å². The fourth-order valence-electron chi connectivity index (χ4n) is 3.50. The highest BCUT2D eigenvalue weighted by atomic mass is 35.5. The highest BCUT2D eigenvalue weighted by Crippen LogP contribution is 2.46. The van der Waals surface area contributed by atoms with Crippen LogP contribution in [0, 0.1) is 0 Å². The number of benzene rings is 1. The zero-order valence-electron chi connectivity index (χ0n) is 15.8. The molecule has 4 rings (SSSR count). The highest BCUT2D eigenvalue weighted by Gasteiger charge is 2.48. The van der Waals surface area contributed by atoms with Crippen molar-refractivity contribution in [2.45, 2.75) is 37.6 Å². The summed E-state index contributed by atoms with van der Waals surface area (Å²) in [6.07, 6.45) is -4.77. The van der Waals surface area contributed by atoms with Crippen LogP contribution >= 0.6 is 22.9 Å². The number of nitrogens with one attached hydrogen (secondary N) is 2. The molecule has 3 atom stereocenters. The number of alkyl halides is 3. The molecule has 2 N–H and O–H groups in total. The Morgan fingerprint density at radius 2 is 2.03 bits per heavy atom. The van der Waals surface area contributed by atoms with E-state index in [0.717, 1.165) is 15.1 Å². The number of hydrogen-bond acceptors (Lipinski definition) is 4. The van der Waals surface area contributed by atoms with Crippen LogP contribution in [0.1, 0.15) is 52.4 Å². The van der Waals surface area contributed by atoms with Gasteiger partial charge >= 0.3 is 6.18 Å². The van der Waals surface area contributed by atoms with E-state index in [-0.39, 0.29) is 29.0 Å². The lowest BCUT2D eigenvalue weighted by Gasteiger charge is -2.32. The SMILES string of the molecule is CC(NC(=O)c1nn2c(c1Cl)N[C@@H](c1cccs1)C[C@H]2C(F)(F)F)c1ccccc1. The minimum atomic E-state index is -4.53. The van der Waals surface area contributed by atoms with E-state index in [1.165, 1.54) is 11.3 Å². The molecule has 3 aromatic rings. The first-order valence-corrected chi connectivity index (χ1v) is 10.5. The quantitative estimate of drug-likeness (QED) is 0.527. The number of nitrogens with zero attached hydrogens (tertiary/aromatic N) is 2. The minimum Gasteiger partial charge on any atom is -0.361 e. The van der Waals surface area contributed by atoms with E-state index < -0.39 is 24.2 Å². The minimum absolute atomic E-state index is 0.00107. The van der Waals surface area contributed by atoms with Gasteiger partial charge in [-0.25, -0.2) is 4.68 Å². The molecule has 1 amide bonds. The van der Waals surface area contributed by atoms with Crippen molar-refractivity contribution >= 4 is 34.7 Å². The molecule has 1 aromatic carbocycles. The lowest BCUT2D eigenvalue weighted by Crippen LogP contribution is -2.35. The van der Waals surface area contributed by atoms with Gasteiger partial charge in [0, 0.05) is 11.3 Å². The molecule has 5 nitrogen and oxygen atoms in total. The molecule has 1 aliphatic heterocycles. The van der Waals surface area contributed by atoms with Gasteiger partial charge in [0.05, 0.1) is 12.1 Å². The summed E-state index contributed by atoms with van der Waals surface area (Å²) in [5.41, 5.74) is 0.623. The molecule has 3 heterocycles. The third-order valence-corrected chi connectivity index (χ3v) is 6.39. The average Bonchev–Trinajstić information content (AvgIpc) is 3.36. The zero-order chi connectivity index (χ0) is 21.5. The van der Waals surface area contributed by atoms with E-state index >= 15 is 0 Å². The van der Waals surface area contributed by atoms with Crippen LogP contribution in [0.2, 0.25) is 5.02 Å². The van der Waals surface area contributed by atoms with Crippen LogP contribution in [0.25, 0.3) is 0 Å². The Bertz CT molecular complexity index is 1040. The van der Waals surface area contributed by atoms with Gasteiger partial charge in [-0.1, -0.05) is 48.0 Å². The number of anilines is 1. The van der Waals surface area contributed by atoms with E-state index in [1.54, 1.807) is 24.4 Å². The normalized spacial score (nSPS) is 19.6. The second-order valence-corrected chi connectivity index (χ2v) is 8.42. The lowest BCUT2D eigenvalue weighted by molar-refractivity contribution is -0.173. The van der Waals surface area contributed by atoms with Gasteiger partial charge in [0.1, 0.15) is 10.8 Å². The van der Waals surface area contributed by atoms with E-state index in [9.17, 15) is 18.0 Å². The molecule has 158 valence electrons. The van der Waals surface area contributed by atoms with Crippen molar-refractivity contribution in [2.24, 2.45) is 0 Å². The number of halogens is 4. The summed E-state index contributed by atoms with van der Waals surface area (Å²) in [4.78, 5) is 13.5. The Kier molecular flexibility index (Phi) is 5.50. The highest BCUT2D eigenvalue weighted by molar-refractivity contribution is 7.10. The Hall–Kier alpha value is -2.52. The molecule has 10 heteroatoms. The number of aromatic nitrogens is 2. The molecule has 1 aliphatic rings. The van der Waals surface area contributed by atoms with Gasteiger partial charge in [-0.3, -0.25) is 4.79 Å². The standard InChI is InChI=1S/C20H18ClF3N4OS/c1-11(12-6-3-2-4-7-12)25-19(29)17-16(21)18-26-13(14-8-5-9-30-14)10-15(20(22,23)24)28(18)27-17/h2-9,11,13,15,26H,10H2,1H3,(H,25,29)/t11?,13-,15+/m1/s1. The Morgan fingerprint density at radius 1 is 1.30 bits per heavy atom. The fourth-order valence-corrected chi connectivity index (χ4v) is 4.56. The summed E-state index contributed by atoms with van der Waals surface area (Å²) >= 11 is 7.70. The van der Waals surface area contributed by atoms with E-state index in [1.807, 2.05) is 30.3 Å². The zero-order valence-corrected chi connectivity index (χ0v) is 17.4. The van der Waals surface area contributed by atoms with Crippen molar-refractivity contribution in [3.05, 3.63) is 69.0 Å². The predicted molar refractivity (Wildman–Crippen MR) is 110 cm³/mol. The topological polar surface area (TPSA) is 59.0 Å². The molecule has 30 heavy (non-hydrogen) atoms. The summed E-state index contributed by atoms with van der Waals surface area (Å²) < 4.78 is 42.1. The number of carbonyl (C=O) groups excluding carboxylic acids is 1. The maximum absolute atomic E-state index is 13.8. The Morgan fingerprint density at radius 3 is 2.67 bits per heavy atom. The summed E-state index contributed by atoms with van der Waals surface area (Å²) in [7, 11) is 0. The Balaban J connectivity index is 1.65. The number of fused-ring (bicyclic) bond motifs is 1. The van der Waals surface area contributed by atoms with Crippen molar-refractivity contribution in [1.82, 2.24) is 15.1 Å². The summed E-state index contributed by atoms with van der Waals surface area (Å²) in [6, 6.07) is 9.95. The predicted octanol–water partition coefficient (Wildman–Crippen LogP) is 5.75. The van der Waals surface area contributed by atoms with Crippen molar-refractivity contribution in [1.29, 1.82) is 0 Å². The van der Waals surface area contributed by atoms with Crippen molar-refractivity contribution in [2.75, 3.05) is 5.32 Å².